The summed E-state index contributed by atoms with van der Waals surface area (Å²) in [6.07, 6.45) is 2.76. The molecule has 2 aromatic rings. The molecule has 0 aliphatic carbocycles. The van der Waals surface area contributed by atoms with Gasteiger partial charge in [-0.25, -0.2) is 0 Å². The van der Waals surface area contributed by atoms with Crippen molar-refractivity contribution in [3.63, 3.8) is 0 Å². The summed E-state index contributed by atoms with van der Waals surface area (Å²) in [5.41, 5.74) is 4.28. The summed E-state index contributed by atoms with van der Waals surface area (Å²) in [5, 5.41) is 6.24. The van der Waals surface area contributed by atoms with Gasteiger partial charge in [-0.05, 0) is 29.2 Å². The van der Waals surface area contributed by atoms with Crippen LogP contribution < -0.4 is 16.2 Å². The third-order valence-corrected chi connectivity index (χ3v) is 4.19. The molecule has 0 saturated heterocycles. The monoisotopic (exact) mass is 362 g/mol. The van der Waals surface area contributed by atoms with E-state index in [0.29, 0.717) is 17.8 Å². The highest BCUT2D eigenvalue weighted by Crippen LogP contribution is 2.16. The van der Waals surface area contributed by atoms with Crippen molar-refractivity contribution < 1.29 is 4.79 Å². The Balaban J connectivity index is 0.00000225. The molecule has 0 radical (unpaired) electrons. The fourth-order valence-corrected chi connectivity index (χ4v) is 2.91. The van der Waals surface area contributed by atoms with E-state index in [0.717, 1.165) is 30.8 Å². The molecule has 7 heteroatoms. The summed E-state index contributed by atoms with van der Waals surface area (Å²) in [6, 6.07) is 5.05. The van der Waals surface area contributed by atoms with Crippen molar-refractivity contribution in [2.24, 2.45) is 0 Å². The number of carbonyl (C=O) groups is 1. The number of nitrogens with one attached hydrogen (secondary N) is 3. The van der Waals surface area contributed by atoms with E-state index in [-0.39, 0.29) is 29.8 Å². The fraction of sp³-hybridized carbons (Fsp3) is 0.389. The molecule has 3 rings (SSSR count). The number of rotatable bonds is 4. The van der Waals surface area contributed by atoms with E-state index in [4.69, 9.17) is 0 Å². The number of aromatic amines is 1. The molecule has 0 fully saturated rings. The summed E-state index contributed by atoms with van der Waals surface area (Å²) in [4.78, 5) is 31.2. The van der Waals surface area contributed by atoms with Gasteiger partial charge < -0.3 is 15.6 Å². The van der Waals surface area contributed by atoms with Gasteiger partial charge in [-0.3, -0.25) is 14.6 Å². The first kappa shape index (κ1) is 19.1. The minimum atomic E-state index is -0.193. The molecule has 0 atom stereocenters. The number of nitrogens with zero attached hydrogens (tertiary/aromatic N) is 1. The number of carbonyl (C=O) groups excluding carboxylic acids is 1. The molecule has 1 amide bonds. The maximum absolute atomic E-state index is 12.5. The average molecular weight is 363 g/mol. The van der Waals surface area contributed by atoms with Crippen LogP contribution in [0.3, 0.4) is 0 Å². The van der Waals surface area contributed by atoms with E-state index in [1.54, 1.807) is 6.07 Å². The molecule has 1 aliphatic heterocycles. The third-order valence-electron chi connectivity index (χ3n) is 4.19. The summed E-state index contributed by atoms with van der Waals surface area (Å²) in [5.74, 6) is -0.123. The molecule has 6 nitrogen and oxygen atoms in total. The van der Waals surface area contributed by atoms with Gasteiger partial charge in [0.15, 0.2) is 0 Å². The quantitative estimate of drug-likeness (QED) is 0.775. The molecular formula is C18H23ClN4O2. The molecule has 1 aliphatic rings. The van der Waals surface area contributed by atoms with Crippen molar-refractivity contribution in [3.8, 4) is 0 Å². The first-order valence-corrected chi connectivity index (χ1v) is 8.23. The summed E-state index contributed by atoms with van der Waals surface area (Å²) < 4.78 is 0. The smallest absolute Gasteiger partial charge is 0.253 e. The molecule has 0 unspecified atom stereocenters. The lowest BCUT2D eigenvalue weighted by Gasteiger charge is -2.17. The van der Waals surface area contributed by atoms with Crippen LogP contribution in [0.15, 0.2) is 29.2 Å². The molecule has 2 aromatic heterocycles. The van der Waals surface area contributed by atoms with Crippen LogP contribution >= 0.6 is 12.4 Å². The van der Waals surface area contributed by atoms with Gasteiger partial charge in [0.2, 0.25) is 5.56 Å². The van der Waals surface area contributed by atoms with Crippen molar-refractivity contribution in [3.05, 3.63) is 62.8 Å². The minimum absolute atomic E-state index is 0. The van der Waals surface area contributed by atoms with Gasteiger partial charge in [-0.15, -0.1) is 12.4 Å². The number of halogens is 1. The van der Waals surface area contributed by atoms with Crippen molar-refractivity contribution in [2.45, 2.75) is 39.3 Å². The Labute approximate surface area is 152 Å². The van der Waals surface area contributed by atoms with E-state index in [2.05, 4.69) is 26.7 Å². The highest BCUT2D eigenvalue weighted by molar-refractivity contribution is 5.95. The fourth-order valence-electron chi connectivity index (χ4n) is 2.91. The van der Waals surface area contributed by atoms with Gasteiger partial charge in [0.05, 0.1) is 5.56 Å². The van der Waals surface area contributed by atoms with E-state index in [9.17, 15) is 9.59 Å². The molecule has 134 valence electrons. The molecule has 0 bridgehead atoms. The van der Waals surface area contributed by atoms with Crippen molar-refractivity contribution in [1.82, 2.24) is 20.6 Å². The normalized spacial score (nSPS) is 13.1. The topological polar surface area (TPSA) is 86.9 Å². The van der Waals surface area contributed by atoms with Gasteiger partial charge in [0.1, 0.15) is 0 Å². The second-order valence-electron chi connectivity index (χ2n) is 6.36. The van der Waals surface area contributed by atoms with Crippen LogP contribution in [0, 0.1) is 0 Å². The predicted octanol–water partition coefficient (Wildman–Crippen LogP) is 1.89. The molecule has 0 aromatic carbocycles. The molecule has 3 heterocycles. The zero-order chi connectivity index (χ0) is 17.1. The minimum Gasteiger partial charge on any atom is -0.348 e. The lowest BCUT2D eigenvalue weighted by molar-refractivity contribution is 0.0949. The largest absolute Gasteiger partial charge is 0.348 e. The number of H-pyrrole nitrogens is 1. The Morgan fingerprint density at radius 2 is 2.16 bits per heavy atom. The molecule has 3 N–H and O–H groups in total. The van der Waals surface area contributed by atoms with Crippen LogP contribution in [0.2, 0.25) is 0 Å². The maximum atomic E-state index is 12.5. The Kier molecular flexibility index (Phi) is 6.33. The van der Waals surface area contributed by atoms with Crippen LogP contribution in [0.5, 0.6) is 0 Å². The predicted molar refractivity (Wildman–Crippen MR) is 99.2 cm³/mol. The van der Waals surface area contributed by atoms with Gasteiger partial charge in [0, 0.05) is 49.7 Å². The Hall–Kier alpha value is -2.18. The number of pyridine rings is 2. The first-order chi connectivity index (χ1) is 11.5. The molecule has 0 saturated carbocycles. The summed E-state index contributed by atoms with van der Waals surface area (Å²) in [6.45, 7) is 6.09. The second-order valence-corrected chi connectivity index (χ2v) is 6.36. The van der Waals surface area contributed by atoms with Crippen LogP contribution in [0.4, 0.5) is 0 Å². The van der Waals surface area contributed by atoms with Crippen molar-refractivity contribution in [2.75, 3.05) is 6.54 Å². The van der Waals surface area contributed by atoms with E-state index in [1.165, 1.54) is 11.6 Å². The van der Waals surface area contributed by atoms with Gasteiger partial charge in [-0.1, -0.05) is 13.8 Å². The number of aromatic nitrogens is 2. The SMILES string of the molecule is CC(C)c1[nH]c(=O)ccc1C(=O)NCc1cnc2c(c1)CNCC2.Cl. The number of hydrogen-bond donors (Lipinski definition) is 3. The van der Waals surface area contributed by atoms with Crippen LogP contribution in [-0.2, 0) is 19.5 Å². The van der Waals surface area contributed by atoms with Crippen LogP contribution in [0.25, 0.3) is 0 Å². The van der Waals surface area contributed by atoms with Gasteiger partial charge in [0.25, 0.3) is 5.91 Å². The van der Waals surface area contributed by atoms with Crippen LogP contribution in [0.1, 0.15) is 52.6 Å². The lowest BCUT2D eigenvalue weighted by atomic mass is 10.0. The molecule has 25 heavy (non-hydrogen) atoms. The zero-order valence-corrected chi connectivity index (χ0v) is 15.2. The third kappa shape index (κ3) is 4.46. The average Bonchev–Trinajstić information content (AvgIpc) is 2.59. The van der Waals surface area contributed by atoms with Crippen molar-refractivity contribution >= 4 is 18.3 Å². The van der Waals surface area contributed by atoms with E-state index in [1.807, 2.05) is 20.0 Å². The first-order valence-electron chi connectivity index (χ1n) is 8.23. The summed E-state index contributed by atoms with van der Waals surface area (Å²) in [7, 11) is 0. The van der Waals surface area contributed by atoms with Gasteiger partial charge in [-0.2, -0.15) is 0 Å². The number of fused-ring (bicyclic) bond motifs is 1. The molecule has 0 spiro atoms. The second kappa shape index (κ2) is 8.27. The lowest BCUT2D eigenvalue weighted by Crippen LogP contribution is -2.27. The maximum Gasteiger partial charge on any atom is 0.253 e. The standard InChI is InChI=1S/C18H22N4O2.ClH/c1-11(2)17-14(3-4-16(23)22-17)18(24)21-9-12-7-13-10-19-6-5-15(13)20-8-12;/h3-4,7-8,11,19H,5-6,9-10H2,1-2H3,(H,21,24)(H,22,23);1H. The van der Waals surface area contributed by atoms with E-state index < -0.39 is 0 Å². The zero-order valence-electron chi connectivity index (χ0n) is 14.4. The Morgan fingerprint density at radius 3 is 2.92 bits per heavy atom. The van der Waals surface area contributed by atoms with Gasteiger partial charge >= 0.3 is 0 Å². The van der Waals surface area contributed by atoms with Crippen LogP contribution in [-0.4, -0.2) is 22.4 Å². The number of hydrogen-bond acceptors (Lipinski definition) is 4. The van der Waals surface area contributed by atoms with E-state index >= 15 is 0 Å². The number of amides is 1. The Bertz CT molecular complexity index is 817. The highest BCUT2D eigenvalue weighted by atomic mass is 35.5. The molecular weight excluding hydrogens is 340 g/mol. The highest BCUT2D eigenvalue weighted by Gasteiger charge is 2.15. The Morgan fingerprint density at radius 1 is 1.36 bits per heavy atom. The van der Waals surface area contributed by atoms with Crippen molar-refractivity contribution in [1.29, 1.82) is 0 Å². The summed E-state index contributed by atoms with van der Waals surface area (Å²) >= 11 is 0.